The molecule has 1 amide bonds. The van der Waals surface area contributed by atoms with Gasteiger partial charge in [0, 0.05) is 13.1 Å². The first kappa shape index (κ1) is 15.2. The summed E-state index contributed by atoms with van der Waals surface area (Å²) >= 11 is 5.19. The van der Waals surface area contributed by atoms with Crippen molar-refractivity contribution in [1.29, 1.82) is 0 Å². The van der Waals surface area contributed by atoms with Gasteiger partial charge in [0.1, 0.15) is 0 Å². The second-order valence-electron chi connectivity index (χ2n) is 5.08. The number of amides is 1. The predicted octanol–water partition coefficient (Wildman–Crippen LogP) is 1.76. The minimum Gasteiger partial charge on any atom is -0.449 e. The SMILES string of the molecule is CC(C)COC(=O)NC(=S)N1CC(C)OC(C)C1. The van der Waals surface area contributed by atoms with E-state index in [4.69, 9.17) is 21.7 Å². The molecule has 5 nitrogen and oxygen atoms in total. The van der Waals surface area contributed by atoms with Crippen LogP contribution in [0.15, 0.2) is 0 Å². The van der Waals surface area contributed by atoms with Gasteiger partial charge in [0.2, 0.25) is 0 Å². The van der Waals surface area contributed by atoms with E-state index < -0.39 is 6.09 Å². The molecule has 1 fully saturated rings. The lowest BCUT2D eigenvalue weighted by molar-refractivity contribution is -0.0481. The Morgan fingerprint density at radius 3 is 2.50 bits per heavy atom. The van der Waals surface area contributed by atoms with Crippen LogP contribution < -0.4 is 5.32 Å². The van der Waals surface area contributed by atoms with Gasteiger partial charge in [-0.3, -0.25) is 5.32 Å². The van der Waals surface area contributed by atoms with Crippen molar-refractivity contribution in [3.05, 3.63) is 0 Å². The molecule has 1 aliphatic heterocycles. The van der Waals surface area contributed by atoms with Crippen LogP contribution in [0.5, 0.6) is 0 Å². The fourth-order valence-corrected chi connectivity index (χ4v) is 2.02. The summed E-state index contributed by atoms with van der Waals surface area (Å²) in [6, 6.07) is 0. The molecule has 2 atom stereocenters. The molecule has 1 heterocycles. The first-order chi connectivity index (χ1) is 8.38. The van der Waals surface area contributed by atoms with Crippen molar-refractivity contribution in [3.8, 4) is 0 Å². The van der Waals surface area contributed by atoms with E-state index in [0.29, 0.717) is 30.7 Å². The topological polar surface area (TPSA) is 50.8 Å². The fraction of sp³-hybridized carbons (Fsp3) is 0.833. The van der Waals surface area contributed by atoms with Gasteiger partial charge in [0.15, 0.2) is 5.11 Å². The molecule has 1 saturated heterocycles. The van der Waals surface area contributed by atoms with E-state index in [-0.39, 0.29) is 12.2 Å². The van der Waals surface area contributed by atoms with Crippen molar-refractivity contribution in [2.45, 2.75) is 39.9 Å². The maximum atomic E-state index is 11.5. The molecule has 1 N–H and O–H groups in total. The molecule has 18 heavy (non-hydrogen) atoms. The zero-order valence-corrected chi connectivity index (χ0v) is 12.3. The van der Waals surface area contributed by atoms with Crippen LogP contribution in [0.25, 0.3) is 0 Å². The van der Waals surface area contributed by atoms with Crippen molar-refractivity contribution >= 4 is 23.4 Å². The number of ether oxygens (including phenoxy) is 2. The quantitative estimate of drug-likeness (QED) is 0.778. The summed E-state index contributed by atoms with van der Waals surface area (Å²) in [5, 5.41) is 2.99. The molecule has 0 radical (unpaired) electrons. The van der Waals surface area contributed by atoms with E-state index in [1.54, 1.807) is 0 Å². The highest BCUT2D eigenvalue weighted by atomic mass is 32.1. The van der Waals surface area contributed by atoms with Crippen LogP contribution in [0.4, 0.5) is 4.79 Å². The number of carbonyl (C=O) groups excluding carboxylic acids is 1. The van der Waals surface area contributed by atoms with Crippen molar-refractivity contribution in [2.75, 3.05) is 19.7 Å². The first-order valence-corrected chi connectivity index (χ1v) is 6.67. The Balaban J connectivity index is 2.37. The summed E-state index contributed by atoms with van der Waals surface area (Å²) < 4.78 is 10.6. The Labute approximate surface area is 114 Å². The summed E-state index contributed by atoms with van der Waals surface area (Å²) in [6.07, 6.45) is -0.263. The third-order valence-electron chi connectivity index (χ3n) is 2.46. The van der Waals surface area contributed by atoms with Gasteiger partial charge in [-0.2, -0.15) is 0 Å². The van der Waals surface area contributed by atoms with Crippen LogP contribution in [0.3, 0.4) is 0 Å². The molecule has 0 saturated carbocycles. The molecule has 0 spiro atoms. The van der Waals surface area contributed by atoms with Crippen molar-refractivity contribution in [2.24, 2.45) is 5.92 Å². The normalized spacial score (nSPS) is 23.9. The van der Waals surface area contributed by atoms with E-state index >= 15 is 0 Å². The summed E-state index contributed by atoms with van der Waals surface area (Å²) in [5.41, 5.74) is 0. The molecule has 2 unspecified atom stereocenters. The number of hydrogen-bond donors (Lipinski definition) is 1. The van der Waals surface area contributed by atoms with Crippen molar-refractivity contribution < 1.29 is 14.3 Å². The van der Waals surface area contributed by atoms with E-state index in [1.807, 2.05) is 32.6 Å². The number of carbonyl (C=O) groups is 1. The number of hydrogen-bond acceptors (Lipinski definition) is 4. The largest absolute Gasteiger partial charge is 0.449 e. The molecule has 6 heteroatoms. The minimum absolute atomic E-state index is 0.111. The minimum atomic E-state index is -0.486. The van der Waals surface area contributed by atoms with Crippen LogP contribution in [0, 0.1) is 5.92 Å². The van der Waals surface area contributed by atoms with Gasteiger partial charge < -0.3 is 14.4 Å². The Morgan fingerprint density at radius 1 is 1.44 bits per heavy atom. The molecule has 0 bridgehead atoms. The smallest absolute Gasteiger partial charge is 0.413 e. The molecule has 0 aliphatic carbocycles. The van der Waals surface area contributed by atoms with Crippen LogP contribution in [0.1, 0.15) is 27.7 Å². The highest BCUT2D eigenvalue weighted by Crippen LogP contribution is 2.10. The van der Waals surface area contributed by atoms with Crippen molar-refractivity contribution in [3.63, 3.8) is 0 Å². The van der Waals surface area contributed by atoms with Crippen molar-refractivity contribution in [1.82, 2.24) is 10.2 Å². The number of alkyl carbamates (subject to hydrolysis) is 1. The average molecular weight is 274 g/mol. The number of nitrogens with zero attached hydrogens (tertiary/aromatic N) is 1. The van der Waals surface area contributed by atoms with E-state index in [0.717, 1.165) is 0 Å². The maximum Gasteiger partial charge on any atom is 0.413 e. The fourth-order valence-electron chi connectivity index (χ4n) is 1.79. The Hall–Kier alpha value is -0.880. The van der Waals surface area contributed by atoms with Gasteiger partial charge in [0.25, 0.3) is 0 Å². The van der Waals surface area contributed by atoms with Gasteiger partial charge in [-0.15, -0.1) is 0 Å². The molecule has 1 rings (SSSR count). The number of morpholine rings is 1. The van der Waals surface area contributed by atoms with Gasteiger partial charge in [-0.1, -0.05) is 13.8 Å². The number of thiocarbonyl (C=S) groups is 1. The van der Waals surface area contributed by atoms with Crippen LogP contribution in [-0.2, 0) is 9.47 Å². The predicted molar refractivity (Wildman–Crippen MR) is 73.5 cm³/mol. The van der Waals surface area contributed by atoms with Gasteiger partial charge >= 0.3 is 6.09 Å². The first-order valence-electron chi connectivity index (χ1n) is 6.26. The van der Waals surface area contributed by atoms with Gasteiger partial charge in [-0.05, 0) is 32.0 Å². The second kappa shape index (κ2) is 6.89. The third kappa shape index (κ3) is 5.18. The lowest BCUT2D eigenvalue weighted by Crippen LogP contribution is -2.52. The van der Waals surface area contributed by atoms with Crippen LogP contribution in [-0.4, -0.2) is 48.0 Å². The highest BCUT2D eigenvalue weighted by molar-refractivity contribution is 7.80. The maximum absolute atomic E-state index is 11.5. The molecule has 0 aromatic carbocycles. The molecule has 104 valence electrons. The second-order valence-corrected chi connectivity index (χ2v) is 5.47. The summed E-state index contributed by atoms with van der Waals surface area (Å²) in [5.74, 6) is 0.313. The van der Waals surface area contributed by atoms with E-state index in [2.05, 4.69) is 5.32 Å². The number of nitrogens with one attached hydrogen (secondary N) is 1. The van der Waals surface area contributed by atoms with E-state index in [1.165, 1.54) is 0 Å². The lowest BCUT2D eigenvalue weighted by Gasteiger charge is -2.36. The molecular weight excluding hydrogens is 252 g/mol. The average Bonchev–Trinajstić information content (AvgIpc) is 2.25. The third-order valence-corrected chi connectivity index (χ3v) is 2.82. The Bertz CT molecular complexity index is 300. The molecule has 0 aromatic rings. The van der Waals surface area contributed by atoms with Crippen LogP contribution >= 0.6 is 12.2 Å². The monoisotopic (exact) mass is 274 g/mol. The zero-order chi connectivity index (χ0) is 13.7. The highest BCUT2D eigenvalue weighted by Gasteiger charge is 2.24. The molecule has 0 aromatic heterocycles. The molecule has 1 aliphatic rings. The van der Waals surface area contributed by atoms with Gasteiger partial charge in [0.05, 0.1) is 18.8 Å². The van der Waals surface area contributed by atoms with Gasteiger partial charge in [-0.25, -0.2) is 4.79 Å². The van der Waals surface area contributed by atoms with E-state index in [9.17, 15) is 4.79 Å². The standard InChI is InChI=1S/C12H22N2O3S/c1-8(2)7-16-12(15)13-11(18)14-5-9(3)17-10(4)6-14/h8-10H,5-7H2,1-4H3,(H,13,15,18). The lowest BCUT2D eigenvalue weighted by atomic mass is 10.2. The molecular formula is C12H22N2O3S. The van der Waals surface area contributed by atoms with Crippen LogP contribution in [0.2, 0.25) is 0 Å². The summed E-state index contributed by atoms with van der Waals surface area (Å²) in [7, 11) is 0. The number of rotatable bonds is 2. The Morgan fingerprint density at radius 2 is 2.00 bits per heavy atom. The Kier molecular flexibility index (Phi) is 5.81. The zero-order valence-electron chi connectivity index (χ0n) is 11.4. The summed E-state index contributed by atoms with van der Waals surface area (Å²) in [6.45, 7) is 9.71. The summed E-state index contributed by atoms with van der Waals surface area (Å²) in [4.78, 5) is 13.4.